The predicted octanol–water partition coefficient (Wildman–Crippen LogP) is 8.65. The molecule has 0 heterocycles. The summed E-state index contributed by atoms with van der Waals surface area (Å²) in [7, 11) is 0. The molecule has 1 aliphatic carbocycles. The molecular formula is C31H45N. The van der Waals surface area contributed by atoms with E-state index in [-0.39, 0.29) is 5.41 Å². The molecule has 0 atom stereocenters. The van der Waals surface area contributed by atoms with Gasteiger partial charge in [-0.25, -0.2) is 0 Å². The van der Waals surface area contributed by atoms with Crippen molar-refractivity contribution in [2.75, 3.05) is 6.54 Å². The van der Waals surface area contributed by atoms with Gasteiger partial charge in [0.15, 0.2) is 0 Å². The van der Waals surface area contributed by atoms with Crippen molar-refractivity contribution < 1.29 is 0 Å². The summed E-state index contributed by atoms with van der Waals surface area (Å²) in [6.45, 7) is 12.2. The first-order valence-electron chi connectivity index (χ1n) is 12.9. The number of hydrogen-bond acceptors (Lipinski definition) is 1. The van der Waals surface area contributed by atoms with Crippen LogP contribution in [-0.4, -0.2) is 6.54 Å². The summed E-state index contributed by atoms with van der Waals surface area (Å²) < 4.78 is 0. The van der Waals surface area contributed by atoms with E-state index in [2.05, 4.69) is 93.3 Å². The van der Waals surface area contributed by atoms with Crippen LogP contribution >= 0.6 is 0 Å². The summed E-state index contributed by atoms with van der Waals surface area (Å²) in [5.74, 6) is 0.892. The number of allylic oxidation sites excluding steroid dienone is 1. The third-order valence-corrected chi connectivity index (χ3v) is 7.45. The van der Waals surface area contributed by atoms with Crippen LogP contribution in [0.4, 0.5) is 0 Å². The smallest absolute Gasteiger partial charge is 0.0203 e. The molecule has 0 aromatic heterocycles. The second-order valence-corrected chi connectivity index (χ2v) is 11.2. The molecule has 32 heavy (non-hydrogen) atoms. The van der Waals surface area contributed by atoms with Crippen molar-refractivity contribution in [3.05, 3.63) is 84.1 Å². The van der Waals surface area contributed by atoms with Crippen LogP contribution in [-0.2, 0) is 5.41 Å². The van der Waals surface area contributed by atoms with Crippen LogP contribution in [0.1, 0.15) is 96.1 Å². The van der Waals surface area contributed by atoms with E-state index in [4.69, 9.17) is 0 Å². The van der Waals surface area contributed by atoms with Gasteiger partial charge < -0.3 is 5.32 Å². The molecule has 1 saturated carbocycles. The highest BCUT2D eigenvalue weighted by Crippen LogP contribution is 2.47. The molecule has 0 bridgehead atoms. The molecule has 0 aliphatic heterocycles. The zero-order valence-corrected chi connectivity index (χ0v) is 20.8. The van der Waals surface area contributed by atoms with Crippen molar-refractivity contribution in [2.24, 2.45) is 11.3 Å². The van der Waals surface area contributed by atoms with Gasteiger partial charge in [-0.05, 0) is 67.4 Å². The van der Waals surface area contributed by atoms with Crippen molar-refractivity contribution in [1.82, 2.24) is 5.32 Å². The fourth-order valence-electron chi connectivity index (χ4n) is 5.37. The average molecular weight is 432 g/mol. The quantitative estimate of drug-likeness (QED) is 0.351. The number of hydrogen-bond donors (Lipinski definition) is 1. The highest BCUT2D eigenvalue weighted by atomic mass is 14.9. The fraction of sp³-hybridized carbons (Fsp3) is 0.548. The van der Waals surface area contributed by atoms with Crippen molar-refractivity contribution in [3.8, 4) is 0 Å². The summed E-state index contributed by atoms with van der Waals surface area (Å²) in [6.07, 6.45) is 12.9. The van der Waals surface area contributed by atoms with Gasteiger partial charge in [0.05, 0.1) is 0 Å². The molecule has 0 unspecified atom stereocenters. The molecule has 0 amide bonds. The summed E-state index contributed by atoms with van der Waals surface area (Å²) in [6, 6.07) is 22.5. The molecule has 0 spiro atoms. The van der Waals surface area contributed by atoms with Crippen molar-refractivity contribution >= 4 is 0 Å². The van der Waals surface area contributed by atoms with E-state index in [9.17, 15) is 0 Å². The molecule has 1 N–H and O–H groups in total. The van der Waals surface area contributed by atoms with Gasteiger partial charge in [0.25, 0.3) is 0 Å². The van der Waals surface area contributed by atoms with E-state index in [1.165, 1.54) is 74.6 Å². The van der Waals surface area contributed by atoms with Crippen molar-refractivity contribution in [3.63, 3.8) is 0 Å². The maximum absolute atomic E-state index is 4.22. The third-order valence-electron chi connectivity index (χ3n) is 7.45. The van der Waals surface area contributed by atoms with E-state index in [0.29, 0.717) is 5.41 Å². The maximum atomic E-state index is 4.22. The molecule has 0 saturated heterocycles. The van der Waals surface area contributed by atoms with E-state index in [1.54, 1.807) is 0 Å². The Bertz CT molecular complexity index is 750. The lowest BCUT2D eigenvalue weighted by Gasteiger charge is -2.41. The second kappa shape index (κ2) is 11.7. The molecule has 2 aromatic carbocycles. The Balaban J connectivity index is 1.41. The zero-order chi connectivity index (χ0) is 22.9. The van der Waals surface area contributed by atoms with Gasteiger partial charge in [-0.3, -0.25) is 0 Å². The molecule has 3 rings (SSSR count). The summed E-state index contributed by atoms with van der Waals surface area (Å²) in [5, 5.41) is 3.53. The lowest BCUT2D eigenvalue weighted by Crippen LogP contribution is -2.33. The molecular weight excluding hydrogens is 386 g/mol. The first-order chi connectivity index (χ1) is 15.4. The minimum absolute atomic E-state index is 0.204. The Kier molecular flexibility index (Phi) is 9.02. The van der Waals surface area contributed by atoms with Gasteiger partial charge in [-0.2, -0.15) is 0 Å². The van der Waals surface area contributed by atoms with Crippen LogP contribution in [0.15, 0.2) is 72.9 Å². The lowest BCUT2D eigenvalue weighted by molar-refractivity contribution is 0.250. The summed E-state index contributed by atoms with van der Waals surface area (Å²) >= 11 is 0. The Morgan fingerprint density at radius 2 is 1.44 bits per heavy atom. The largest absolute Gasteiger partial charge is 0.389 e. The maximum Gasteiger partial charge on any atom is 0.0203 e. The van der Waals surface area contributed by atoms with Crippen LogP contribution < -0.4 is 5.32 Å². The zero-order valence-electron chi connectivity index (χ0n) is 20.8. The molecule has 1 fully saturated rings. The second-order valence-electron chi connectivity index (χ2n) is 11.2. The Morgan fingerprint density at radius 3 is 1.97 bits per heavy atom. The van der Waals surface area contributed by atoms with Crippen LogP contribution in [0, 0.1) is 11.3 Å². The monoisotopic (exact) mass is 431 g/mol. The van der Waals surface area contributed by atoms with Gasteiger partial charge >= 0.3 is 0 Å². The summed E-state index contributed by atoms with van der Waals surface area (Å²) in [5.41, 5.74) is 4.83. The highest BCUT2D eigenvalue weighted by molar-refractivity contribution is 5.39. The molecule has 2 aromatic rings. The Labute approximate surface area is 197 Å². The van der Waals surface area contributed by atoms with Crippen molar-refractivity contribution in [1.29, 1.82) is 0 Å². The molecule has 0 radical (unpaired) electrons. The lowest BCUT2D eigenvalue weighted by atomic mass is 9.62. The summed E-state index contributed by atoms with van der Waals surface area (Å²) in [4.78, 5) is 0. The number of unbranched alkanes of at least 4 members (excludes halogenated alkanes) is 2. The normalized spacial score (nSPS) is 16.6. The SMILES string of the molecule is C=C(CCCCCC1CCC(c2ccccc2)(c2ccccc2)CC1)NCCC(C)(C)C. The van der Waals surface area contributed by atoms with Crippen LogP contribution in [0.25, 0.3) is 0 Å². The van der Waals surface area contributed by atoms with Crippen LogP contribution in [0.5, 0.6) is 0 Å². The van der Waals surface area contributed by atoms with Crippen molar-refractivity contribution in [2.45, 2.75) is 90.4 Å². The molecule has 1 heteroatoms. The fourth-order valence-corrected chi connectivity index (χ4v) is 5.37. The van der Waals surface area contributed by atoms with Crippen LogP contribution in [0.2, 0.25) is 0 Å². The van der Waals surface area contributed by atoms with Gasteiger partial charge in [-0.1, -0.05) is 107 Å². The highest BCUT2D eigenvalue weighted by Gasteiger charge is 2.37. The van der Waals surface area contributed by atoms with Gasteiger partial charge in [0.2, 0.25) is 0 Å². The first-order valence-corrected chi connectivity index (χ1v) is 12.9. The van der Waals surface area contributed by atoms with Crippen LogP contribution in [0.3, 0.4) is 0 Å². The Morgan fingerprint density at radius 1 is 0.875 bits per heavy atom. The van der Waals surface area contributed by atoms with Gasteiger partial charge in [-0.15, -0.1) is 0 Å². The molecule has 1 nitrogen and oxygen atoms in total. The van der Waals surface area contributed by atoms with Gasteiger partial charge in [0.1, 0.15) is 0 Å². The topological polar surface area (TPSA) is 12.0 Å². The number of rotatable bonds is 11. The van der Waals surface area contributed by atoms with Gasteiger partial charge in [0, 0.05) is 17.7 Å². The predicted molar refractivity (Wildman–Crippen MR) is 140 cm³/mol. The average Bonchev–Trinajstić information content (AvgIpc) is 2.80. The van der Waals surface area contributed by atoms with E-state index in [0.717, 1.165) is 18.9 Å². The Hall–Kier alpha value is -2.02. The van der Waals surface area contributed by atoms with E-state index in [1.807, 2.05) is 0 Å². The standard InChI is InChI=1S/C31H45N/c1-26(32-25-24-30(2,3)4)14-8-5-9-15-27-20-22-31(23-21-27,28-16-10-6-11-17-28)29-18-12-7-13-19-29/h6-7,10-13,16-19,27,32H,1,5,8-9,14-15,20-25H2,2-4H3. The third kappa shape index (κ3) is 7.26. The minimum atomic E-state index is 0.204. The number of benzene rings is 2. The van der Waals surface area contributed by atoms with E-state index < -0.39 is 0 Å². The first kappa shape index (κ1) is 24.6. The molecule has 174 valence electrons. The minimum Gasteiger partial charge on any atom is -0.389 e. The molecule has 1 aliphatic rings. The van der Waals surface area contributed by atoms with E-state index >= 15 is 0 Å². The number of nitrogens with one attached hydrogen (secondary N) is 1.